The minimum atomic E-state index is 0.775. The molecule has 2 heteroatoms. The fourth-order valence-electron chi connectivity index (χ4n) is 2.89. The third-order valence-corrected chi connectivity index (χ3v) is 5.15. The molecule has 1 unspecified atom stereocenters. The van der Waals surface area contributed by atoms with Crippen molar-refractivity contribution < 1.29 is 0 Å². The van der Waals surface area contributed by atoms with Gasteiger partial charge in [0.1, 0.15) is 0 Å². The number of hydrogen-bond donors (Lipinski definition) is 1. The van der Waals surface area contributed by atoms with E-state index in [1.807, 2.05) is 6.08 Å². The molecule has 0 aromatic carbocycles. The zero-order valence-electron chi connectivity index (χ0n) is 12.8. The van der Waals surface area contributed by atoms with Crippen molar-refractivity contribution in [1.29, 1.82) is 0 Å². The molecule has 0 radical (unpaired) electrons. The highest BCUT2D eigenvalue weighted by molar-refractivity contribution is 7.99. The van der Waals surface area contributed by atoms with E-state index >= 15 is 0 Å². The van der Waals surface area contributed by atoms with Crippen molar-refractivity contribution in [2.75, 3.05) is 18.1 Å². The normalized spacial score (nSPS) is 18.4. The summed E-state index contributed by atoms with van der Waals surface area (Å²) in [4.78, 5) is 0. The predicted octanol–water partition coefficient (Wildman–Crippen LogP) is 5.02. The molecule has 1 fully saturated rings. The van der Waals surface area contributed by atoms with Crippen LogP contribution in [0.3, 0.4) is 0 Å². The maximum Gasteiger partial charge on any atom is 0.00697 e. The molecule has 1 saturated heterocycles. The van der Waals surface area contributed by atoms with Crippen LogP contribution in [0.4, 0.5) is 0 Å². The van der Waals surface area contributed by atoms with Crippen molar-refractivity contribution in [3.63, 3.8) is 0 Å². The molecule has 1 N–H and O–H groups in total. The van der Waals surface area contributed by atoms with E-state index in [0.717, 1.165) is 12.0 Å². The minimum absolute atomic E-state index is 0.775. The van der Waals surface area contributed by atoms with Crippen molar-refractivity contribution in [2.24, 2.45) is 5.92 Å². The van der Waals surface area contributed by atoms with Gasteiger partial charge in [0, 0.05) is 6.04 Å². The van der Waals surface area contributed by atoms with Crippen LogP contribution in [0.25, 0.3) is 0 Å². The molecule has 1 aliphatic heterocycles. The van der Waals surface area contributed by atoms with Crippen LogP contribution in [0, 0.1) is 5.92 Å². The fraction of sp³-hybridized carbons (Fsp3) is 0.882. The number of thioether (sulfide) groups is 1. The standard InChI is InChI=1S/C17H33NS/c1-3-5-6-7-8-9-17(18-12-4-2)15-16-10-13-19-14-11-16/h3,16-18H,1,4-15H2,2H3. The summed E-state index contributed by atoms with van der Waals surface area (Å²) in [5, 5.41) is 3.78. The summed E-state index contributed by atoms with van der Waals surface area (Å²) in [7, 11) is 0. The Morgan fingerprint density at radius 2 is 2.05 bits per heavy atom. The molecule has 0 aliphatic carbocycles. The summed E-state index contributed by atoms with van der Waals surface area (Å²) in [6.07, 6.45) is 14.3. The lowest BCUT2D eigenvalue weighted by Crippen LogP contribution is -2.32. The summed E-state index contributed by atoms with van der Waals surface area (Å²) in [5.74, 6) is 3.78. The Bertz CT molecular complexity index is 211. The topological polar surface area (TPSA) is 12.0 Å². The molecule has 0 aromatic rings. The van der Waals surface area contributed by atoms with Crippen LogP contribution >= 0.6 is 11.8 Å². The molecule has 1 atom stereocenters. The van der Waals surface area contributed by atoms with E-state index in [1.165, 1.54) is 75.8 Å². The zero-order valence-corrected chi connectivity index (χ0v) is 13.6. The molecule has 1 nitrogen and oxygen atoms in total. The molecule has 0 saturated carbocycles. The SMILES string of the molecule is C=CCCCCCC(CC1CCSCC1)NCCC. The molecule has 1 aliphatic rings. The third-order valence-electron chi connectivity index (χ3n) is 4.10. The van der Waals surface area contributed by atoms with Crippen molar-refractivity contribution >= 4 is 11.8 Å². The highest BCUT2D eigenvalue weighted by Gasteiger charge is 2.18. The summed E-state index contributed by atoms with van der Waals surface area (Å²) in [5.41, 5.74) is 0. The van der Waals surface area contributed by atoms with Crippen LogP contribution in [0.15, 0.2) is 12.7 Å². The van der Waals surface area contributed by atoms with Crippen molar-refractivity contribution in [2.45, 2.75) is 70.8 Å². The van der Waals surface area contributed by atoms with Crippen LogP contribution in [0.2, 0.25) is 0 Å². The van der Waals surface area contributed by atoms with E-state index < -0.39 is 0 Å². The van der Waals surface area contributed by atoms with Gasteiger partial charge in [-0.25, -0.2) is 0 Å². The fourth-order valence-corrected chi connectivity index (χ4v) is 4.10. The van der Waals surface area contributed by atoms with Gasteiger partial charge in [-0.05, 0) is 68.9 Å². The molecule has 19 heavy (non-hydrogen) atoms. The van der Waals surface area contributed by atoms with E-state index in [1.54, 1.807) is 0 Å². The Labute approximate surface area is 125 Å². The highest BCUT2D eigenvalue weighted by Crippen LogP contribution is 2.27. The monoisotopic (exact) mass is 283 g/mol. The second-order valence-electron chi connectivity index (χ2n) is 5.87. The third kappa shape index (κ3) is 8.75. The van der Waals surface area contributed by atoms with E-state index in [4.69, 9.17) is 0 Å². The second kappa shape index (κ2) is 11.8. The Balaban J connectivity index is 2.18. The maximum absolute atomic E-state index is 3.80. The van der Waals surface area contributed by atoms with Gasteiger partial charge < -0.3 is 5.32 Å². The van der Waals surface area contributed by atoms with Gasteiger partial charge in [0.25, 0.3) is 0 Å². The first kappa shape index (κ1) is 17.1. The average molecular weight is 284 g/mol. The first-order valence-electron chi connectivity index (χ1n) is 8.28. The summed E-state index contributed by atoms with van der Waals surface area (Å²) in [6, 6.07) is 0.775. The van der Waals surface area contributed by atoms with Crippen LogP contribution in [-0.2, 0) is 0 Å². The smallest absolute Gasteiger partial charge is 0.00697 e. The Morgan fingerprint density at radius 3 is 2.74 bits per heavy atom. The van der Waals surface area contributed by atoms with Gasteiger partial charge in [0.2, 0.25) is 0 Å². The average Bonchev–Trinajstić information content (AvgIpc) is 2.45. The molecule has 0 spiro atoms. The van der Waals surface area contributed by atoms with Gasteiger partial charge in [0.15, 0.2) is 0 Å². The van der Waals surface area contributed by atoms with Gasteiger partial charge in [-0.1, -0.05) is 25.8 Å². The molecule has 0 amide bonds. The summed E-state index contributed by atoms with van der Waals surface area (Å²) >= 11 is 2.14. The van der Waals surface area contributed by atoms with Gasteiger partial charge in [-0.3, -0.25) is 0 Å². The Hall–Kier alpha value is 0.0500. The molecule has 1 rings (SSSR count). The molecule has 112 valence electrons. The number of unbranched alkanes of at least 4 members (excludes halogenated alkanes) is 3. The van der Waals surface area contributed by atoms with Crippen LogP contribution in [0.5, 0.6) is 0 Å². The highest BCUT2D eigenvalue weighted by atomic mass is 32.2. The predicted molar refractivity (Wildman–Crippen MR) is 90.0 cm³/mol. The zero-order chi connectivity index (χ0) is 13.8. The van der Waals surface area contributed by atoms with Crippen molar-refractivity contribution in [3.8, 4) is 0 Å². The lowest BCUT2D eigenvalue weighted by atomic mass is 9.91. The molecule has 1 heterocycles. The summed E-state index contributed by atoms with van der Waals surface area (Å²) in [6.45, 7) is 7.26. The molecular formula is C17H33NS. The Morgan fingerprint density at radius 1 is 1.26 bits per heavy atom. The van der Waals surface area contributed by atoms with Gasteiger partial charge in [-0.15, -0.1) is 6.58 Å². The van der Waals surface area contributed by atoms with Crippen molar-refractivity contribution in [1.82, 2.24) is 5.32 Å². The van der Waals surface area contributed by atoms with E-state index in [-0.39, 0.29) is 0 Å². The first-order chi connectivity index (χ1) is 9.36. The van der Waals surface area contributed by atoms with Gasteiger partial charge >= 0.3 is 0 Å². The van der Waals surface area contributed by atoms with Crippen LogP contribution in [-0.4, -0.2) is 24.1 Å². The molecular weight excluding hydrogens is 250 g/mol. The van der Waals surface area contributed by atoms with E-state index in [2.05, 4.69) is 30.6 Å². The second-order valence-corrected chi connectivity index (χ2v) is 7.09. The van der Waals surface area contributed by atoms with E-state index in [0.29, 0.717) is 0 Å². The quantitative estimate of drug-likeness (QED) is 0.422. The number of allylic oxidation sites excluding steroid dienone is 1. The largest absolute Gasteiger partial charge is 0.314 e. The van der Waals surface area contributed by atoms with Crippen LogP contribution in [0.1, 0.15) is 64.7 Å². The van der Waals surface area contributed by atoms with Crippen molar-refractivity contribution in [3.05, 3.63) is 12.7 Å². The van der Waals surface area contributed by atoms with Crippen LogP contribution < -0.4 is 5.32 Å². The minimum Gasteiger partial charge on any atom is -0.314 e. The maximum atomic E-state index is 3.80. The molecule has 0 aromatic heterocycles. The number of nitrogens with one attached hydrogen (secondary N) is 1. The van der Waals surface area contributed by atoms with Gasteiger partial charge in [-0.2, -0.15) is 11.8 Å². The van der Waals surface area contributed by atoms with Gasteiger partial charge in [0.05, 0.1) is 0 Å². The lowest BCUT2D eigenvalue weighted by Gasteiger charge is -2.27. The summed E-state index contributed by atoms with van der Waals surface area (Å²) < 4.78 is 0. The lowest BCUT2D eigenvalue weighted by molar-refractivity contribution is 0.343. The van der Waals surface area contributed by atoms with E-state index in [9.17, 15) is 0 Å². The number of rotatable bonds is 11. The first-order valence-corrected chi connectivity index (χ1v) is 9.44. The Kier molecular flexibility index (Phi) is 10.7. The molecule has 0 bridgehead atoms. The number of hydrogen-bond acceptors (Lipinski definition) is 2.